The van der Waals surface area contributed by atoms with Crippen molar-refractivity contribution in [3.63, 3.8) is 0 Å². The minimum atomic E-state index is -0.402. The molecule has 128 valence electrons. The van der Waals surface area contributed by atoms with Crippen LogP contribution in [0.5, 0.6) is 0 Å². The van der Waals surface area contributed by atoms with Crippen LogP contribution in [0.3, 0.4) is 0 Å². The van der Waals surface area contributed by atoms with E-state index in [2.05, 4.69) is 4.98 Å². The number of ether oxygens (including phenoxy) is 2. The Hall–Kier alpha value is -1.95. The van der Waals surface area contributed by atoms with Gasteiger partial charge in [0.25, 0.3) is 0 Å². The normalized spacial score (nSPS) is 11.9. The van der Waals surface area contributed by atoms with Crippen molar-refractivity contribution in [1.82, 2.24) is 4.98 Å². The van der Waals surface area contributed by atoms with Crippen molar-refractivity contribution < 1.29 is 9.47 Å². The third-order valence-corrected chi connectivity index (χ3v) is 3.67. The Morgan fingerprint density at radius 2 is 1.88 bits per heavy atom. The first-order valence-electron chi connectivity index (χ1n) is 7.89. The van der Waals surface area contributed by atoms with Gasteiger partial charge in [0.2, 0.25) is 0 Å². The molecule has 2 rings (SSSR count). The number of aromatic nitrogens is 1. The van der Waals surface area contributed by atoms with Crippen LogP contribution in [0.4, 0.5) is 5.69 Å². The van der Waals surface area contributed by atoms with E-state index >= 15 is 0 Å². The molecule has 0 unspecified atom stereocenters. The van der Waals surface area contributed by atoms with Crippen LogP contribution in [0.15, 0.2) is 47.7 Å². The van der Waals surface area contributed by atoms with Crippen molar-refractivity contribution in [3.8, 4) is 0 Å². The van der Waals surface area contributed by atoms with Crippen molar-refractivity contribution >= 4 is 23.0 Å². The predicted octanol–water partition coefficient (Wildman–Crippen LogP) is 3.55. The van der Waals surface area contributed by atoms with E-state index in [-0.39, 0.29) is 0 Å². The zero-order valence-electron chi connectivity index (χ0n) is 13.9. The number of hydrogen-bond acceptors (Lipinski definition) is 5. The Balaban J connectivity index is 2.42. The summed E-state index contributed by atoms with van der Waals surface area (Å²) in [7, 11) is 0. The molecule has 0 saturated carbocycles. The zero-order chi connectivity index (χ0) is 17.4. The molecule has 5 nitrogen and oxygen atoms in total. The number of benzene rings is 1. The summed E-state index contributed by atoms with van der Waals surface area (Å²) in [5.41, 5.74) is 8.92. The van der Waals surface area contributed by atoms with Gasteiger partial charge in [-0.1, -0.05) is 29.8 Å². The minimum absolute atomic E-state index is 0.351. The molecule has 0 amide bonds. The van der Waals surface area contributed by atoms with Gasteiger partial charge < -0.3 is 15.2 Å². The van der Waals surface area contributed by atoms with Crippen LogP contribution in [-0.4, -0.2) is 36.7 Å². The molecule has 2 aromatic rings. The van der Waals surface area contributed by atoms with Crippen molar-refractivity contribution in [2.75, 3.05) is 25.5 Å². The fourth-order valence-electron chi connectivity index (χ4n) is 2.28. The molecule has 2 N–H and O–H groups in total. The lowest BCUT2D eigenvalue weighted by Gasteiger charge is -2.16. The first-order valence-corrected chi connectivity index (χ1v) is 8.27. The van der Waals surface area contributed by atoms with Crippen LogP contribution >= 0.6 is 11.6 Å². The molecule has 1 aromatic heterocycles. The molecular formula is C18H22ClN3O2. The van der Waals surface area contributed by atoms with E-state index in [1.807, 2.05) is 44.2 Å². The molecule has 1 aromatic carbocycles. The van der Waals surface area contributed by atoms with Crippen LogP contribution in [0.25, 0.3) is 0 Å². The van der Waals surface area contributed by atoms with E-state index in [1.165, 1.54) is 0 Å². The van der Waals surface area contributed by atoms with Gasteiger partial charge in [0.05, 0.1) is 24.1 Å². The van der Waals surface area contributed by atoms with Crippen LogP contribution in [0.2, 0.25) is 5.02 Å². The van der Waals surface area contributed by atoms with Gasteiger partial charge in [0.1, 0.15) is 0 Å². The number of aliphatic imine (C=N–C) groups is 1. The standard InChI is InChI=1S/C18H22ClN3O2/c1-3-23-17(24-4-2)12-22-18(13-7-5-6-8-15(13)19)14-9-10-21-11-16(14)20/h5-11,17H,3-4,12,20H2,1-2H3. The van der Waals surface area contributed by atoms with Crippen LogP contribution in [-0.2, 0) is 9.47 Å². The molecule has 0 aliphatic heterocycles. The minimum Gasteiger partial charge on any atom is -0.397 e. The number of halogens is 1. The van der Waals surface area contributed by atoms with Gasteiger partial charge in [-0.15, -0.1) is 0 Å². The maximum atomic E-state index is 6.36. The van der Waals surface area contributed by atoms with E-state index in [4.69, 9.17) is 31.8 Å². The lowest BCUT2D eigenvalue weighted by Crippen LogP contribution is -2.22. The number of anilines is 1. The van der Waals surface area contributed by atoms with Gasteiger partial charge in [0, 0.05) is 35.6 Å². The number of hydrogen-bond donors (Lipinski definition) is 1. The molecule has 0 aliphatic rings. The largest absolute Gasteiger partial charge is 0.397 e. The second kappa shape index (κ2) is 9.37. The Labute approximate surface area is 147 Å². The monoisotopic (exact) mass is 347 g/mol. The third-order valence-electron chi connectivity index (χ3n) is 3.34. The highest BCUT2D eigenvalue weighted by atomic mass is 35.5. The van der Waals surface area contributed by atoms with Gasteiger partial charge in [-0.2, -0.15) is 0 Å². The molecule has 0 bridgehead atoms. The smallest absolute Gasteiger partial charge is 0.176 e. The summed E-state index contributed by atoms with van der Waals surface area (Å²) in [6.07, 6.45) is 2.88. The van der Waals surface area contributed by atoms with Crippen LogP contribution < -0.4 is 5.73 Å². The summed E-state index contributed by atoms with van der Waals surface area (Å²) in [5, 5.41) is 0.608. The molecule has 0 aliphatic carbocycles. The molecular weight excluding hydrogens is 326 g/mol. The van der Waals surface area contributed by atoms with Crippen molar-refractivity contribution in [3.05, 3.63) is 58.9 Å². The number of pyridine rings is 1. The first kappa shape index (κ1) is 18.4. The second-order valence-electron chi connectivity index (χ2n) is 4.97. The first-order chi connectivity index (χ1) is 11.7. The van der Waals surface area contributed by atoms with Gasteiger partial charge in [0.15, 0.2) is 6.29 Å². The SMILES string of the molecule is CCOC(CN=C(c1ccncc1N)c1ccccc1Cl)OCC. The fraction of sp³-hybridized carbons (Fsp3) is 0.333. The topological polar surface area (TPSA) is 69.7 Å². The van der Waals surface area contributed by atoms with E-state index in [0.29, 0.717) is 36.2 Å². The summed E-state index contributed by atoms with van der Waals surface area (Å²) in [6.45, 7) is 5.30. The maximum absolute atomic E-state index is 6.36. The van der Waals surface area contributed by atoms with Gasteiger partial charge >= 0.3 is 0 Å². The Kier molecular flexibility index (Phi) is 7.18. The molecule has 0 spiro atoms. The highest BCUT2D eigenvalue weighted by Crippen LogP contribution is 2.23. The van der Waals surface area contributed by atoms with Crippen molar-refractivity contribution in [2.24, 2.45) is 4.99 Å². The number of rotatable bonds is 8. The third kappa shape index (κ3) is 4.77. The van der Waals surface area contributed by atoms with E-state index in [9.17, 15) is 0 Å². The van der Waals surface area contributed by atoms with E-state index in [0.717, 1.165) is 11.1 Å². The summed E-state index contributed by atoms with van der Waals surface area (Å²) < 4.78 is 11.1. The van der Waals surface area contributed by atoms with Gasteiger partial charge in [-0.3, -0.25) is 9.98 Å². The number of nitrogens with zero attached hydrogens (tertiary/aromatic N) is 2. The Bertz CT molecular complexity index is 638. The molecule has 1 heterocycles. The molecule has 6 heteroatoms. The van der Waals surface area contributed by atoms with Gasteiger partial charge in [-0.25, -0.2) is 0 Å². The summed E-state index contributed by atoms with van der Waals surface area (Å²) in [6, 6.07) is 9.36. The lowest BCUT2D eigenvalue weighted by atomic mass is 10.0. The Morgan fingerprint density at radius 3 is 2.50 bits per heavy atom. The zero-order valence-corrected chi connectivity index (χ0v) is 14.7. The summed E-state index contributed by atoms with van der Waals surface area (Å²) in [5.74, 6) is 0. The summed E-state index contributed by atoms with van der Waals surface area (Å²) in [4.78, 5) is 8.73. The fourth-order valence-corrected chi connectivity index (χ4v) is 2.51. The predicted molar refractivity (Wildman–Crippen MR) is 97.6 cm³/mol. The number of nitrogen functional groups attached to an aromatic ring is 1. The molecule has 0 atom stereocenters. The van der Waals surface area contributed by atoms with Gasteiger partial charge in [-0.05, 0) is 26.0 Å². The van der Waals surface area contributed by atoms with Crippen LogP contribution in [0, 0.1) is 0 Å². The quantitative estimate of drug-likeness (QED) is 0.585. The Morgan fingerprint density at radius 1 is 1.17 bits per heavy atom. The average Bonchev–Trinajstić information content (AvgIpc) is 2.58. The van der Waals surface area contributed by atoms with E-state index in [1.54, 1.807) is 12.4 Å². The van der Waals surface area contributed by atoms with Crippen LogP contribution in [0.1, 0.15) is 25.0 Å². The average molecular weight is 348 g/mol. The van der Waals surface area contributed by atoms with E-state index < -0.39 is 6.29 Å². The second-order valence-corrected chi connectivity index (χ2v) is 5.38. The molecule has 24 heavy (non-hydrogen) atoms. The van der Waals surface area contributed by atoms with Crippen molar-refractivity contribution in [2.45, 2.75) is 20.1 Å². The highest BCUT2D eigenvalue weighted by molar-refractivity contribution is 6.35. The molecule has 0 fully saturated rings. The lowest BCUT2D eigenvalue weighted by molar-refractivity contribution is -0.128. The molecule has 0 saturated heterocycles. The molecule has 0 radical (unpaired) electrons. The van der Waals surface area contributed by atoms with Crippen molar-refractivity contribution in [1.29, 1.82) is 0 Å². The maximum Gasteiger partial charge on any atom is 0.176 e. The highest BCUT2D eigenvalue weighted by Gasteiger charge is 2.15. The summed E-state index contributed by atoms with van der Waals surface area (Å²) >= 11 is 6.36. The number of nitrogens with two attached hydrogens (primary N) is 1.